The van der Waals surface area contributed by atoms with E-state index < -0.39 is 5.92 Å². The number of aryl methyl sites for hydroxylation is 1. The highest BCUT2D eigenvalue weighted by Crippen LogP contribution is 2.28. The van der Waals surface area contributed by atoms with Gasteiger partial charge >= 0.3 is 0 Å². The Bertz CT molecular complexity index is 1050. The van der Waals surface area contributed by atoms with Gasteiger partial charge in [0, 0.05) is 40.7 Å². The Labute approximate surface area is 184 Å². The summed E-state index contributed by atoms with van der Waals surface area (Å²) in [6.45, 7) is 3.06. The molecular formula is C23H22ClN3O2S. The molecule has 0 spiro atoms. The van der Waals surface area contributed by atoms with E-state index in [0.717, 1.165) is 26.8 Å². The summed E-state index contributed by atoms with van der Waals surface area (Å²) in [6.07, 6.45) is 1.16. The number of aromatic nitrogens is 1. The second-order valence-electron chi connectivity index (χ2n) is 7.23. The van der Waals surface area contributed by atoms with Gasteiger partial charge in [0.25, 0.3) is 0 Å². The smallest absolute Gasteiger partial charge is 0.239 e. The highest BCUT2D eigenvalue weighted by Gasteiger charge is 2.37. The molecule has 0 radical (unpaired) electrons. The van der Waals surface area contributed by atoms with Crippen LogP contribution in [0.5, 0.6) is 0 Å². The van der Waals surface area contributed by atoms with Crippen molar-refractivity contribution < 1.29 is 9.59 Å². The molecule has 154 valence electrons. The van der Waals surface area contributed by atoms with Crippen molar-refractivity contribution in [3.05, 3.63) is 69.5 Å². The summed E-state index contributed by atoms with van der Waals surface area (Å²) in [4.78, 5) is 32.8. The van der Waals surface area contributed by atoms with Gasteiger partial charge in [0.2, 0.25) is 11.8 Å². The van der Waals surface area contributed by atoms with Crippen molar-refractivity contribution in [1.82, 2.24) is 10.3 Å². The van der Waals surface area contributed by atoms with Crippen molar-refractivity contribution in [3.63, 3.8) is 0 Å². The van der Waals surface area contributed by atoms with Crippen molar-refractivity contribution in [2.75, 3.05) is 18.0 Å². The number of amides is 2. The summed E-state index contributed by atoms with van der Waals surface area (Å²) in [5.41, 5.74) is 2.86. The molecule has 7 heteroatoms. The monoisotopic (exact) mass is 439 g/mol. The van der Waals surface area contributed by atoms with Gasteiger partial charge in [-0.15, -0.1) is 11.3 Å². The van der Waals surface area contributed by atoms with E-state index in [4.69, 9.17) is 16.6 Å². The van der Waals surface area contributed by atoms with E-state index in [1.165, 1.54) is 0 Å². The molecule has 2 aromatic carbocycles. The summed E-state index contributed by atoms with van der Waals surface area (Å²) in [6, 6.07) is 17.2. The molecule has 2 heterocycles. The second kappa shape index (κ2) is 8.98. The van der Waals surface area contributed by atoms with Crippen LogP contribution in [0.2, 0.25) is 5.02 Å². The number of halogens is 1. The number of carbonyl (C=O) groups excluding carboxylic acids is 2. The third-order valence-corrected chi connectivity index (χ3v) is 6.47. The first-order chi connectivity index (χ1) is 14.5. The Balaban J connectivity index is 1.32. The van der Waals surface area contributed by atoms with E-state index in [-0.39, 0.29) is 11.8 Å². The van der Waals surface area contributed by atoms with E-state index in [9.17, 15) is 9.59 Å². The molecule has 0 bridgehead atoms. The molecule has 3 aromatic rings. The van der Waals surface area contributed by atoms with Crippen LogP contribution >= 0.6 is 22.9 Å². The van der Waals surface area contributed by atoms with Crippen LogP contribution in [0.4, 0.5) is 5.69 Å². The first kappa shape index (κ1) is 20.6. The maximum atomic E-state index is 12.7. The highest BCUT2D eigenvalue weighted by molar-refractivity contribution is 7.12. The molecule has 4 rings (SSSR count). The first-order valence-electron chi connectivity index (χ1n) is 9.89. The molecule has 1 aliphatic heterocycles. The molecule has 1 aromatic heterocycles. The average molecular weight is 440 g/mol. The molecular weight excluding hydrogens is 418 g/mol. The summed E-state index contributed by atoms with van der Waals surface area (Å²) in [5.74, 6) is -1.02. The van der Waals surface area contributed by atoms with Gasteiger partial charge in [-0.25, -0.2) is 4.98 Å². The summed E-state index contributed by atoms with van der Waals surface area (Å²) < 4.78 is 0. The predicted octanol–water partition coefficient (Wildman–Crippen LogP) is 4.48. The number of hydrogen-bond acceptors (Lipinski definition) is 4. The SMILES string of the molecule is Cc1sc(CCNC(=O)[C@H]2CCN(c3ccc(Cl)cc3)C2=O)nc1-c1ccccc1. The molecule has 2 amide bonds. The normalized spacial score (nSPS) is 16.1. The molecule has 0 aliphatic carbocycles. The van der Waals surface area contributed by atoms with Crippen LogP contribution in [-0.2, 0) is 16.0 Å². The Hall–Kier alpha value is -2.70. The fraction of sp³-hybridized carbons (Fsp3) is 0.261. The van der Waals surface area contributed by atoms with E-state index in [1.54, 1.807) is 40.5 Å². The minimum Gasteiger partial charge on any atom is -0.355 e. The van der Waals surface area contributed by atoms with E-state index >= 15 is 0 Å². The number of nitrogens with one attached hydrogen (secondary N) is 1. The predicted molar refractivity (Wildman–Crippen MR) is 121 cm³/mol. The zero-order valence-electron chi connectivity index (χ0n) is 16.6. The van der Waals surface area contributed by atoms with Gasteiger partial charge in [0.05, 0.1) is 10.7 Å². The van der Waals surface area contributed by atoms with Gasteiger partial charge in [0.15, 0.2) is 0 Å². The Morgan fingerprint density at radius 3 is 2.67 bits per heavy atom. The van der Waals surface area contributed by atoms with Crippen molar-refractivity contribution in [2.24, 2.45) is 5.92 Å². The summed E-state index contributed by atoms with van der Waals surface area (Å²) in [5, 5.41) is 4.51. The second-order valence-corrected chi connectivity index (χ2v) is 8.95. The fourth-order valence-corrected chi connectivity index (χ4v) is 4.72. The lowest BCUT2D eigenvalue weighted by molar-refractivity contribution is -0.132. The van der Waals surface area contributed by atoms with Gasteiger partial charge in [0.1, 0.15) is 5.92 Å². The molecule has 0 unspecified atom stereocenters. The zero-order chi connectivity index (χ0) is 21.1. The van der Waals surface area contributed by atoms with Crippen molar-refractivity contribution in [2.45, 2.75) is 19.8 Å². The Morgan fingerprint density at radius 1 is 1.20 bits per heavy atom. The van der Waals surface area contributed by atoms with Crippen LogP contribution in [0, 0.1) is 12.8 Å². The minimum absolute atomic E-state index is 0.161. The third-order valence-electron chi connectivity index (χ3n) is 5.19. The Morgan fingerprint density at radius 2 is 1.93 bits per heavy atom. The number of nitrogens with zero attached hydrogens (tertiary/aromatic N) is 2. The molecule has 1 fully saturated rings. The number of carbonyl (C=O) groups is 2. The lowest BCUT2D eigenvalue weighted by Gasteiger charge is -2.16. The lowest BCUT2D eigenvalue weighted by Crippen LogP contribution is -2.37. The van der Waals surface area contributed by atoms with E-state index in [0.29, 0.717) is 31.0 Å². The topological polar surface area (TPSA) is 62.3 Å². The molecule has 30 heavy (non-hydrogen) atoms. The van der Waals surface area contributed by atoms with Crippen molar-refractivity contribution in [3.8, 4) is 11.3 Å². The van der Waals surface area contributed by atoms with Crippen LogP contribution in [-0.4, -0.2) is 29.9 Å². The molecule has 1 atom stereocenters. The van der Waals surface area contributed by atoms with Crippen LogP contribution in [0.3, 0.4) is 0 Å². The van der Waals surface area contributed by atoms with Crippen molar-refractivity contribution in [1.29, 1.82) is 0 Å². The summed E-state index contributed by atoms with van der Waals surface area (Å²) in [7, 11) is 0. The standard InChI is InChI=1S/C23H22ClN3O2S/c1-15-21(16-5-3-2-4-6-16)26-20(30-15)11-13-25-22(28)19-12-14-27(23(19)29)18-9-7-17(24)8-10-18/h2-10,19H,11-14H2,1H3,(H,25,28)/t19-/m1/s1. The third kappa shape index (κ3) is 4.40. The maximum absolute atomic E-state index is 12.7. The van der Waals surface area contributed by atoms with E-state index in [2.05, 4.69) is 12.2 Å². The Kier molecular flexibility index (Phi) is 6.16. The average Bonchev–Trinajstić information content (AvgIpc) is 3.32. The minimum atomic E-state index is -0.640. The molecule has 5 nitrogen and oxygen atoms in total. The molecule has 1 aliphatic rings. The number of rotatable bonds is 6. The van der Waals surface area contributed by atoms with Crippen LogP contribution < -0.4 is 10.2 Å². The number of benzene rings is 2. The first-order valence-corrected chi connectivity index (χ1v) is 11.1. The molecule has 0 saturated carbocycles. The van der Waals surface area contributed by atoms with E-state index in [1.807, 2.05) is 30.3 Å². The van der Waals surface area contributed by atoms with Crippen LogP contribution in [0.25, 0.3) is 11.3 Å². The number of hydrogen-bond donors (Lipinski definition) is 1. The molecule has 1 saturated heterocycles. The fourth-order valence-electron chi connectivity index (χ4n) is 3.64. The highest BCUT2D eigenvalue weighted by atomic mass is 35.5. The van der Waals surface area contributed by atoms with Gasteiger partial charge in [-0.05, 0) is 37.6 Å². The zero-order valence-corrected chi connectivity index (χ0v) is 18.2. The summed E-state index contributed by atoms with van der Waals surface area (Å²) >= 11 is 7.56. The van der Waals surface area contributed by atoms with Gasteiger partial charge in [-0.3, -0.25) is 9.59 Å². The number of thiazole rings is 1. The van der Waals surface area contributed by atoms with Crippen LogP contribution in [0.1, 0.15) is 16.3 Å². The van der Waals surface area contributed by atoms with Gasteiger partial charge < -0.3 is 10.2 Å². The number of anilines is 1. The maximum Gasteiger partial charge on any atom is 0.239 e. The van der Waals surface area contributed by atoms with Crippen molar-refractivity contribution >= 4 is 40.4 Å². The largest absolute Gasteiger partial charge is 0.355 e. The quantitative estimate of drug-likeness (QED) is 0.576. The van der Waals surface area contributed by atoms with Gasteiger partial charge in [-0.1, -0.05) is 41.9 Å². The van der Waals surface area contributed by atoms with Gasteiger partial charge in [-0.2, -0.15) is 0 Å². The van der Waals surface area contributed by atoms with Crippen LogP contribution in [0.15, 0.2) is 54.6 Å². The molecule has 1 N–H and O–H groups in total. The lowest BCUT2D eigenvalue weighted by atomic mass is 10.1.